The first-order valence-electron chi connectivity index (χ1n) is 11.3. The van der Waals surface area contributed by atoms with Crippen molar-refractivity contribution in [2.45, 2.75) is 34.6 Å². The maximum absolute atomic E-state index is 13.3. The second-order valence-electron chi connectivity index (χ2n) is 6.70. The normalized spacial score (nSPS) is 10.7. The lowest BCUT2D eigenvalue weighted by atomic mass is 10.1. The van der Waals surface area contributed by atoms with Crippen LogP contribution in [0.25, 0.3) is 6.08 Å². The zero-order chi connectivity index (χ0) is 24.2. The van der Waals surface area contributed by atoms with Crippen LogP contribution in [-0.4, -0.2) is 45.9 Å². The third-order valence-corrected chi connectivity index (χ3v) is 4.48. The van der Waals surface area contributed by atoms with Gasteiger partial charge in [0.2, 0.25) is 0 Å². The highest BCUT2D eigenvalue weighted by Crippen LogP contribution is 2.39. The summed E-state index contributed by atoms with van der Waals surface area (Å²) in [5, 5.41) is 0. The summed E-state index contributed by atoms with van der Waals surface area (Å²) in [5.74, 6) is 2.83. The second kappa shape index (κ2) is 13.3. The largest absolute Gasteiger partial charge is 0.494 e. The van der Waals surface area contributed by atoms with E-state index in [0.717, 1.165) is 0 Å². The zero-order valence-corrected chi connectivity index (χ0v) is 20.4. The minimum Gasteiger partial charge on any atom is -0.494 e. The van der Waals surface area contributed by atoms with Crippen molar-refractivity contribution >= 4 is 11.9 Å². The first-order chi connectivity index (χ1) is 16.0. The van der Waals surface area contributed by atoms with Crippen molar-refractivity contribution in [1.29, 1.82) is 0 Å². The Morgan fingerprint density at radius 2 is 1.24 bits per heavy atom. The van der Waals surface area contributed by atoms with E-state index >= 15 is 0 Å². The molecule has 0 aliphatic carbocycles. The number of ether oxygens (including phenoxy) is 6. The lowest BCUT2D eigenvalue weighted by Crippen LogP contribution is -2.06. The average Bonchev–Trinajstić information content (AvgIpc) is 2.80. The van der Waals surface area contributed by atoms with E-state index in [1.807, 2.05) is 40.7 Å². The smallest absolute Gasteiger partial charge is 0.189 e. The lowest BCUT2D eigenvalue weighted by molar-refractivity contribution is 0.104. The van der Waals surface area contributed by atoms with Crippen molar-refractivity contribution in [3.63, 3.8) is 0 Å². The van der Waals surface area contributed by atoms with Crippen LogP contribution in [0, 0.1) is 0 Å². The molecule has 0 aliphatic rings. The molecule has 2 aromatic carbocycles. The molecule has 0 aromatic heterocycles. The fraction of sp³-hybridized carbons (Fsp3) is 0.423. The molecule has 0 bridgehead atoms. The molecule has 0 unspecified atom stereocenters. The van der Waals surface area contributed by atoms with Crippen LogP contribution in [0.5, 0.6) is 34.5 Å². The van der Waals surface area contributed by atoms with Gasteiger partial charge in [-0.3, -0.25) is 4.79 Å². The molecule has 0 spiro atoms. The van der Waals surface area contributed by atoms with E-state index in [-0.39, 0.29) is 5.78 Å². The van der Waals surface area contributed by atoms with Gasteiger partial charge in [-0.1, -0.05) is 0 Å². The van der Waals surface area contributed by atoms with Crippen molar-refractivity contribution in [2.75, 3.05) is 40.1 Å². The van der Waals surface area contributed by atoms with Gasteiger partial charge in [0.05, 0.1) is 45.7 Å². The summed E-state index contributed by atoms with van der Waals surface area (Å²) in [7, 11) is 1.56. The molecule has 180 valence electrons. The number of carbonyl (C=O) groups is 1. The Balaban J connectivity index is 2.54. The van der Waals surface area contributed by atoms with Gasteiger partial charge in [0.25, 0.3) is 0 Å². The van der Waals surface area contributed by atoms with Crippen LogP contribution in [0.2, 0.25) is 0 Å². The van der Waals surface area contributed by atoms with Crippen molar-refractivity contribution in [1.82, 2.24) is 0 Å². The number of methoxy groups -OCH3 is 1. The molecule has 2 aromatic rings. The van der Waals surface area contributed by atoms with E-state index in [2.05, 4.69) is 0 Å². The molecule has 2 rings (SSSR count). The number of hydrogen-bond donors (Lipinski definition) is 0. The maximum atomic E-state index is 13.3. The Bertz CT molecular complexity index is 950. The van der Waals surface area contributed by atoms with Crippen LogP contribution < -0.4 is 28.4 Å². The molecule has 0 saturated carbocycles. The SMILES string of the molecule is CCOc1cc(/C=C/C(=O)c2cc(OCC)cc(OCC)c2OCC)c(OCC)c(OC)c1. The third kappa shape index (κ3) is 6.81. The molecule has 0 amide bonds. The summed E-state index contributed by atoms with van der Waals surface area (Å²) >= 11 is 0. The second-order valence-corrected chi connectivity index (χ2v) is 6.70. The predicted octanol–water partition coefficient (Wildman–Crippen LogP) is 5.58. The first kappa shape index (κ1) is 25.9. The van der Waals surface area contributed by atoms with Crippen molar-refractivity contribution in [3.05, 3.63) is 41.5 Å². The Labute approximate surface area is 196 Å². The Kier molecular flexibility index (Phi) is 10.4. The summed E-state index contributed by atoms with van der Waals surface area (Å²) in [6.07, 6.45) is 3.15. The highest BCUT2D eigenvalue weighted by Gasteiger charge is 2.19. The molecule has 0 saturated heterocycles. The van der Waals surface area contributed by atoms with Crippen LogP contribution in [0.4, 0.5) is 0 Å². The van der Waals surface area contributed by atoms with Gasteiger partial charge in [0.1, 0.15) is 11.5 Å². The van der Waals surface area contributed by atoms with Crippen LogP contribution in [0.3, 0.4) is 0 Å². The summed E-state index contributed by atoms with van der Waals surface area (Å²) in [5.41, 5.74) is 1.02. The van der Waals surface area contributed by atoms with Gasteiger partial charge in [-0.25, -0.2) is 0 Å². The van der Waals surface area contributed by atoms with Gasteiger partial charge in [-0.2, -0.15) is 0 Å². The summed E-state index contributed by atoms with van der Waals surface area (Å²) in [6.45, 7) is 11.6. The van der Waals surface area contributed by atoms with E-state index in [9.17, 15) is 4.79 Å². The summed E-state index contributed by atoms with van der Waals surface area (Å²) in [6, 6.07) is 6.99. The van der Waals surface area contributed by atoms with Crippen LogP contribution >= 0.6 is 0 Å². The number of hydrogen-bond acceptors (Lipinski definition) is 7. The fourth-order valence-corrected chi connectivity index (χ4v) is 3.24. The van der Waals surface area contributed by atoms with Crippen LogP contribution in [0.1, 0.15) is 50.5 Å². The van der Waals surface area contributed by atoms with E-state index in [1.165, 1.54) is 6.08 Å². The maximum Gasteiger partial charge on any atom is 0.189 e. The summed E-state index contributed by atoms with van der Waals surface area (Å²) < 4.78 is 34.0. The average molecular weight is 459 g/mol. The number of ketones is 1. The molecular formula is C26H34O7. The molecule has 0 N–H and O–H groups in total. The topological polar surface area (TPSA) is 72.5 Å². The van der Waals surface area contributed by atoms with Gasteiger partial charge in [-0.05, 0) is 58.9 Å². The molecular weight excluding hydrogens is 424 g/mol. The summed E-state index contributed by atoms with van der Waals surface area (Å²) in [4.78, 5) is 13.3. The molecule has 0 heterocycles. The van der Waals surface area contributed by atoms with E-state index in [1.54, 1.807) is 31.4 Å². The number of allylic oxidation sites excluding steroid dienone is 1. The minimum absolute atomic E-state index is 0.260. The highest BCUT2D eigenvalue weighted by atomic mass is 16.5. The third-order valence-electron chi connectivity index (χ3n) is 4.48. The molecule has 7 nitrogen and oxygen atoms in total. The Hall–Kier alpha value is -3.35. The number of benzene rings is 2. The minimum atomic E-state index is -0.260. The van der Waals surface area contributed by atoms with E-state index in [0.29, 0.717) is 78.7 Å². The number of rotatable bonds is 14. The molecule has 0 atom stereocenters. The highest BCUT2D eigenvalue weighted by molar-refractivity contribution is 6.09. The monoisotopic (exact) mass is 458 g/mol. The fourth-order valence-electron chi connectivity index (χ4n) is 3.24. The van der Waals surface area contributed by atoms with E-state index < -0.39 is 0 Å². The van der Waals surface area contributed by atoms with Crippen molar-refractivity contribution in [3.8, 4) is 34.5 Å². The van der Waals surface area contributed by atoms with Crippen molar-refractivity contribution in [2.24, 2.45) is 0 Å². The quantitative estimate of drug-likeness (QED) is 0.270. The van der Waals surface area contributed by atoms with Gasteiger partial charge in [0.15, 0.2) is 28.8 Å². The first-order valence-corrected chi connectivity index (χ1v) is 11.3. The molecule has 0 radical (unpaired) electrons. The molecule has 0 aliphatic heterocycles. The lowest BCUT2D eigenvalue weighted by Gasteiger charge is -2.16. The van der Waals surface area contributed by atoms with Crippen LogP contribution in [-0.2, 0) is 0 Å². The standard InChI is InChI=1S/C26H34O7/c1-7-29-19-14-18(25(32-10-4)23(16-19)28-6)12-13-22(27)21-15-20(30-8-2)17-24(31-9-3)26(21)33-11-5/h12-17H,7-11H2,1-6H3/b13-12+. The number of carbonyl (C=O) groups excluding carboxylic acids is 1. The Morgan fingerprint density at radius 1 is 0.697 bits per heavy atom. The van der Waals surface area contributed by atoms with Crippen LogP contribution in [0.15, 0.2) is 30.3 Å². The predicted molar refractivity (Wildman–Crippen MR) is 129 cm³/mol. The van der Waals surface area contributed by atoms with Crippen molar-refractivity contribution < 1.29 is 33.2 Å². The van der Waals surface area contributed by atoms with Gasteiger partial charge >= 0.3 is 0 Å². The van der Waals surface area contributed by atoms with Gasteiger partial charge in [-0.15, -0.1) is 0 Å². The Morgan fingerprint density at radius 3 is 1.82 bits per heavy atom. The van der Waals surface area contributed by atoms with E-state index in [4.69, 9.17) is 28.4 Å². The van der Waals surface area contributed by atoms with Gasteiger partial charge in [0, 0.05) is 17.7 Å². The molecule has 33 heavy (non-hydrogen) atoms. The molecule has 7 heteroatoms. The van der Waals surface area contributed by atoms with Gasteiger partial charge < -0.3 is 28.4 Å². The molecule has 0 fully saturated rings. The zero-order valence-electron chi connectivity index (χ0n) is 20.4.